The molecule has 0 spiro atoms. The molecule has 0 aliphatic rings. The largest absolute Gasteiger partial charge is 0.478 e. The second kappa shape index (κ2) is 11.3. The first-order valence-electron chi connectivity index (χ1n) is 10.8. The number of ether oxygens (including phenoxy) is 1. The number of nitrogens with zero attached hydrogens (tertiary/aromatic N) is 2. The average molecular weight is 429 g/mol. The minimum absolute atomic E-state index is 0.383. The molecule has 0 atom stereocenters. The first-order valence-corrected chi connectivity index (χ1v) is 14.5. The van der Waals surface area contributed by atoms with Crippen LogP contribution in [0.3, 0.4) is 0 Å². The number of carboxylic acids is 1. The van der Waals surface area contributed by atoms with E-state index in [2.05, 4.69) is 36.1 Å². The Hall–Kier alpha value is -2.18. The molecular weight excluding hydrogens is 392 g/mol. The zero-order valence-electron chi connectivity index (χ0n) is 19.1. The van der Waals surface area contributed by atoms with Crippen molar-refractivity contribution in [1.29, 1.82) is 0 Å². The van der Waals surface area contributed by atoms with Crippen LogP contribution in [0.5, 0.6) is 0 Å². The van der Waals surface area contributed by atoms with Crippen LogP contribution >= 0.6 is 0 Å². The molecule has 0 bridgehead atoms. The molecule has 0 saturated carbocycles. The number of aliphatic carboxylic acids is 1. The molecule has 0 amide bonds. The summed E-state index contributed by atoms with van der Waals surface area (Å²) in [6.07, 6.45) is 5.18. The Balaban J connectivity index is 2.32. The van der Waals surface area contributed by atoms with Crippen molar-refractivity contribution in [2.45, 2.75) is 71.9 Å². The van der Waals surface area contributed by atoms with Gasteiger partial charge in [0.2, 0.25) is 0 Å². The number of hydrogen-bond acceptors (Lipinski definition) is 3. The molecule has 2 aromatic rings. The zero-order valence-corrected chi connectivity index (χ0v) is 20.1. The normalized spacial score (nSPS) is 12.7. The van der Waals surface area contributed by atoms with Crippen LogP contribution in [0.25, 0.3) is 5.57 Å². The Morgan fingerprint density at radius 2 is 1.90 bits per heavy atom. The fraction of sp³-hybridized carbons (Fsp3) is 0.500. The van der Waals surface area contributed by atoms with Gasteiger partial charge in [-0.05, 0) is 30.5 Å². The van der Waals surface area contributed by atoms with Crippen LogP contribution in [0.15, 0.2) is 42.1 Å². The van der Waals surface area contributed by atoms with Crippen molar-refractivity contribution in [3.8, 4) is 0 Å². The van der Waals surface area contributed by atoms with Crippen LogP contribution < -0.4 is 0 Å². The van der Waals surface area contributed by atoms with Gasteiger partial charge in [0.25, 0.3) is 0 Å². The van der Waals surface area contributed by atoms with Crippen molar-refractivity contribution in [3.05, 3.63) is 59.2 Å². The first-order chi connectivity index (χ1) is 14.2. The minimum Gasteiger partial charge on any atom is -0.478 e. The standard InChI is InChI=1S/C24H36N2O3Si/c1-6-7-13-23-25-17-22(26(23)18-29-14-15-30(3,4)5)19(2)21(24(27)28)16-20-11-9-8-10-12-20/h8-12,17H,6-7,13-16,18H2,1-5H3,(H,27,28). The van der Waals surface area contributed by atoms with Crippen molar-refractivity contribution in [3.63, 3.8) is 0 Å². The summed E-state index contributed by atoms with van der Waals surface area (Å²) >= 11 is 0. The molecule has 0 unspecified atom stereocenters. The molecular formula is C24H36N2O3Si. The van der Waals surface area contributed by atoms with Crippen molar-refractivity contribution in [1.82, 2.24) is 9.55 Å². The van der Waals surface area contributed by atoms with Crippen molar-refractivity contribution in [2.75, 3.05) is 6.61 Å². The van der Waals surface area contributed by atoms with Gasteiger partial charge in [-0.1, -0.05) is 63.3 Å². The van der Waals surface area contributed by atoms with E-state index in [1.807, 2.05) is 37.3 Å². The van der Waals surface area contributed by atoms with Gasteiger partial charge < -0.3 is 14.4 Å². The Labute approximate surface area is 181 Å². The Bertz CT molecular complexity index is 851. The molecule has 5 nitrogen and oxygen atoms in total. The summed E-state index contributed by atoms with van der Waals surface area (Å²) in [4.78, 5) is 16.7. The van der Waals surface area contributed by atoms with Gasteiger partial charge in [-0.15, -0.1) is 0 Å². The topological polar surface area (TPSA) is 64.3 Å². The number of imidazole rings is 1. The van der Waals surface area contributed by atoms with Crippen LogP contribution in [0.2, 0.25) is 25.7 Å². The Kier molecular flexibility index (Phi) is 9.05. The Morgan fingerprint density at radius 3 is 2.50 bits per heavy atom. The highest BCUT2D eigenvalue weighted by Gasteiger charge is 2.19. The lowest BCUT2D eigenvalue weighted by Gasteiger charge is -2.18. The van der Waals surface area contributed by atoms with Crippen molar-refractivity contribution >= 4 is 19.6 Å². The van der Waals surface area contributed by atoms with Crippen molar-refractivity contribution < 1.29 is 14.6 Å². The third-order valence-electron chi connectivity index (χ3n) is 5.23. The minimum atomic E-state index is -1.16. The van der Waals surface area contributed by atoms with Gasteiger partial charge in [-0.2, -0.15) is 0 Å². The van der Waals surface area contributed by atoms with E-state index >= 15 is 0 Å². The molecule has 1 heterocycles. The van der Waals surface area contributed by atoms with Crippen LogP contribution in [0, 0.1) is 0 Å². The summed E-state index contributed by atoms with van der Waals surface area (Å²) < 4.78 is 8.07. The Morgan fingerprint density at radius 1 is 1.20 bits per heavy atom. The molecule has 2 rings (SSSR count). The summed E-state index contributed by atoms with van der Waals surface area (Å²) in [6, 6.07) is 10.8. The smallest absolute Gasteiger partial charge is 0.332 e. The molecule has 0 saturated heterocycles. The number of unbranched alkanes of at least 4 members (excludes halogenated alkanes) is 1. The molecule has 6 heteroatoms. The summed E-state index contributed by atoms with van der Waals surface area (Å²) in [7, 11) is -1.16. The predicted octanol–water partition coefficient (Wildman–Crippen LogP) is 5.64. The third kappa shape index (κ3) is 7.25. The van der Waals surface area contributed by atoms with Crippen LogP contribution in [0.4, 0.5) is 0 Å². The lowest BCUT2D eigenvalue weighted by Crippen LogP contribution is -2.22. The van der Waals surface area contributed by atoms with Crippen LogP contribution in [-0.2, 0) is 29.1 Å². The quantitative estimate of drug-likeness (QED) is 0.270. The van der Waals surface area contributed by atoms with Gasteiger partial charge >= 0.3 is 5.97 Å². The van der Waals surface area contributed by atoms with E-state index in [-0.39, 0.29) is 0 Å². The number of aryl methyl sites for hydroxylation is 1. The lowest BCUT2D eigenvalue weighted by molar-refractivity contribution is -0.132. The maximum absolute atomic E-state index is 12.1. The van der Waals surface area contributed by atoms with Crippen LogP contribution in [-0.4, -0.2) is 35.3 Å². The highest BCUT2D eigenvalue weighted by Crippen LogP contribution is 2.24. The number of aromatic nitrogens is 2. The number of carbonyl (C=O) groups is 1. The van der Waals surface area contributed by atoms with Crippen molar-refractivity contribution in [2.24, 2.45) is 0 Å². The zero-order chi connectivity index (χ0) is 22.1. The molecule has 164 valence electrons. The second-order valence-corrected chi connectivity index (χ2v) is 14.6. The first kappa shape index (κ1) is 24.1. The average Bonchev–Trinajstić information content (AvgIpc) is 3.10. The number of allylic oxidation sites excluding steroid dienone is 1. The molecule has 1 aromatic carbocycles. The monoisotopic (exact) mass is 428 g/mol. The van der Waals surface area contributed by atoms with Gasteiger partial charge in [0.1, 0.15) is 12.6 Å². The maximum Gasteiger partial charge on any atom is 0.332 e. The molecule has 0 radical (unpaired) electrons. The summed E-state index contributed by atoms with van der Waals surface area (Å²) in [5.41, 5.74) is 2.96. The third-order valence-corrected chi connectivity index (χ3v) is 6.93. The number of hydrogen-bond donors (Lipinski definition) is 1. The summed E-state index contributed by atoms with van der Waals surface area (Å²) in [5, 5.41) is 9.89. The lowest BCUT2D eigenvalue weighted by atomic mass is 9.99. The van der Waals surface area contributed by atoms with E-state index in [0.717, 1.165) is 54.6 Å². The molecule has 1 aromatic heterocycles. The van der Waals surface area contributed by atoms with Gasteiger partial charge in [0.05, 0.1) is 11.9 Å². The number of rotatable bonds is 12. The highest BCUT2D eigenvalue weighted by molar-refractivity contribution is 6.76. The van der Waals surface area contributed by atoms with E-state index in [1.54, 1.807) is 6.20 Å². The van der Waals surface area contributed by atoms with E-state index in [4.69, 9.17) is 4.74 Å². The molecule has 0 fully saturated rings. The fourth-order valence-electron chi connectivity index (χ4n) is 3.25. The maximum atomic E-state index is 12.1. The number of benzene rings is 1. The summed E-state index contributed by atoms with van der Waals surface area (Å²) in [5.74, 6) is 0.0718. The second-order valence-electron chi connectivity index (χ2n) is 9.01. The van der Waals surface area contributed by atoms with E-state index in [1.165, 1.54) is 0 Å². The fourth-order valence-corrected chi connectivity index (χ4v) is 4.01. The molecule has 0 aliphatic heterocycles. The van der Waals surface area contributed by atoms with E-state index in [0.29, 0.717) is 18.7 Å². The molecule has 1 N–H and O–H groups in total. The number of carboxylic acid groups (broad SMARTS) is 1. The van der Waals surface area contributed by atoms with Gasteiger partial charge in [0.15, 0.2) is 0 Å². The SMILES string of the molecule is CCCCc1ncc(C(C)=C(Cc2ccccc2)C(=O)O)n1COCC[Si](C)(C)C. The summed E-state index contributed by atoms with van der Waals surface area (Å²) in [6.45, 7) is 12.2. The van der Waals surface area contributed by atoms with Gasteiger partial charge in [-0.25, -0.2) is 9.78 Å². The molecule has 30 heavy (non-hydrogen) atoms. The molecule has 0 aliphatic carbocycles. The highest BCUT2D eigenvalue weighted by atomic mass is 28.3. The van der Waals surface area contributed by atoms with Gasteiger partial charge in [-0.3, -0.25) is 0 Å². The predicted molar refractivity (Wildman–Crippen MR) is 125 cm³/mol. The van der Waals surface area contributed by atoms with E-state index < -0.39 is 14.0 Å². The van der Waals surface area contributed by atoms with Gasteiger partial charge in [0, 0.05) is 33.1 Å². The van der Waals surface area contributed by atoms with E-state index in [9.17, 15) is 9.90 Å². The van der Waals surface area contributed by atoms with Crippen LogP contribution in [0.1, 0.15) is 43.8 Å².